The number of imidazole rings is 2. The number of nitrogens with zero attached hydrogens (tertiary/aromatic N) is 4. The van der Waals surface area contributed by atoms with Gasteiger partial charge in [0.1, 0.15) is 33.9 Å². The zero-order valence-electron chi connectivity index (χ0n) is 21.7. The number of aromatic nitrogens is 4. The molecule has 198 valence electrons. The second-order valence-corrected chi connectivity index (χ2v) is 12.7. The summed E-state index contributed by atoms with van der Waals surface area (Å²) in [7, 11) is -6.08. The van der Waals surface area contributed by atoms with Crippen LogP contribution in [0.5, 0.6) is 11.5 Å². The third-order valence-corrected chi connectivity index (χ3v) is 10.2. The summed E-state index contributed by atoms with van der Waals surface area (Å²) in [6, 6.07) is 9.36. The summed E-state index contributed by atoms with van der Waals surface area (Å²) in [6.07, 6.45) is 2.40. The molecule has 0 saturated heterocycles. The van der Waals surface area contributed by atoms with Crippen molar-refractivity contribution in [2.24, 2.45) is 0 Å². The van der Waals surface area contributed by atoms with E-state index in [1.807, 2.05) is 27.7 Å². The predicted octanol–water partition coefficient (Wildman–Crippen LogP) is 4.11. The minimum atomic E-state index is -4.34. The van der Waals surface area contributed by atoms with E-state index >= 15 is 0 Å². The van der Waals surface area contributed by atoms with Gasteiger partial charge in [0.25, 0.3) is 20.0 Å². The van der Waals surface area contributed by atoms with Crippen LogP contribution in [0.3, 0.4) is 0 Å². The quantitative estimate of drug-likeness (QED) is 0.307. The van der Waals surface area contributed by atoms with Crippen molar-refractivity contribution in [2.75, 3.05) is 14.2 Å². The Balaban J connectivity index is 1.77. The maximum absolute atomic E-state index is 13.9. The van der Waals surface area contributed by atoms with E-state index in [-0.39, 0.29) is 21.3 Å². The second-order valence-electron chi connectivity index (χ2n) is 9.10. The van der Waals surface area contributed by atoms with E-state index in [9.17, 15) is 16.8 Å². The fourth-order valence-electron chi connectivity index (χ4n) is 4.32. The molecular weight excluding hydrogens is 528 g/mol. The smallest absolute Gasteiger partial charge is 0.273 e. The molecule has 12 heteroatoms. The molecule has 0 saturated carbocycles. The van der Waals surface area contributed by atoms with Crippen LogP contribution < -0.4 is 9.47 Å². The molecule has 3 aromatic carbocycles. The van der Waals surface area contributed by atoms with Crippen molar-refractivity contribution in [3.05, 3.63) is 71.3 Å². The first-order chi connectivity index (χ1) is 17.9. The summed E-state index contributed by atoms with van der Waals surface area (Å²) < 4.78 is 68.5. The highest BCUT2D eigenvalue weighted by Gasteiger charge is 2.32. The van der Waals surface area contributed by atoms with Crippen molar-refractivity contribution in [3.8, 4) is 11.5 Å². The van der Waals surface area contributed by atoms with Gasteiger partial charge in [-0.2, -0.15) is 0 Å². The van der Waals surface area contributed by atoms with E-state index in [0.29, 0.717) is 22.1 Å². The molecular formula is C26H26N4O6S2. The molecule has 0 N–H and O–H groups in total. The highest BCUT2D eigenvalue weighted by Crippen LogP contribution is 2.38. The molecule has 2 aromatic heterocycles. The molecule has 0 aliphatic carbocycles. The Labute approximate surface area is 220 Å². The highest BCUT2D eigenvalue weighted by atomic mass is 32.2. The maximum atomic E-state index is 13.9. The zero-order chi connectivity index (χ0) is 27.6. The third-order valence-electron chi connectivity index (χ3n) is 6.78. The number of hydrogen-bond donors (Lipinski definition) is 0. The van der Waals surface area contributed by atoms with Crippen LogP contribution in [0.1, 0.15) is 22.3 Å². The molecule has 0 atom stereocenters. The largest absolute Gasteiger partial charge is 0.495 e. The molecule has 0 aliphatic rings. The number of rotatable bonds is 6. The van der Waals surface area contributed by atoms with Crippen molar-refractivity contribution in [1.29, 1.82) is 0 Å². The summed E-state index contributed by atoms with van der Waals surface area (Å²) >= 11 is 0. The van der Waals surface area contributed by atoms with E-state index in [1.165, 1.54) is 32.9 Å². The highest BCUT2D eigenvalue weighted by molar-refractivity contribution is 7.91. The first-order valence-corrected chi connectivity index (χ1v) is 14.4. The Bertz CT molecular complexity index is 1830. The van der Waals surface area contributed by atoms with Gasteiger partial charge in [-0.1, -0.05) is 0 Å². The molecule has 38 heavy (non-hydrogen) atoms. The van der Waals surface area contributed by atoms with E-state index < -0.39 is 20.0 Å². The number of ether oxygens (including phenoxy) is 2. The van der Waals surface area contributed by atoms with Gasteiger partial charge >= 0.3 is 0 Å². The molecule has 0 unspecified atom stereocenters. The maximum Gasteiger partial charge on any atom is 0.273 e. The topological polar surface area (TPSA) is 122 Å². The lowest BCUT2D eigenvalue weighted by Crippen LogP contribution is -2.17. The van der Waals surface area contributed by atoms with Crippen LogP contribution in [-0.2, 0) is 20.0 Å². The van der Waals surface area contributed by atoms with Crippen molar-refractivity contribution in [1.82, 2.24) is 17.9 Å². The molecule has 5 aromatic rings. The van der Waals surface area contributed by atoms with E-state index in [4.69, 9.17) is 9.47 Å². The fraction of sp³-hybridized carbons (Fsp3) is 0.231. The van der Waals surface area contributed by atoms with E-state index in [1.54, 1.807) is 24.3 Å². The van der Waals surface area contributed by atoms with Gasteiger partial charge in [-0.25, -0.2) is 34.7 Å². The van der Waals surface area contributed by atoms with Crippen LogP contribution in [-0.4, -0.2) is 49.0 Å². The van der Waals surface area contributed by atoms with E-state index in [0.717, 1.165) is 36.3 Å². The Morgan fingerprint density at radius 3 is 1.32 bits per heavy atom. The Morgan fingerprint density at radius 2 is 0.947 bits per heavy atom. The zero-order valence-corrected chi connectivity index (χ0v) is 23.3. The van der Waals surface area contributed by atoms with Gasteiger partial charge in [0.05, 0.1) is 36.3 Å². The van der Waals surface area contributed by atoms with E-state index in [2.05, 4.69) is 9.97 Å². The summed E-state index contributed by atoms with van der Waals surface area (Å²) in [5, 5.41) is 0. The number of aryl methyl sites for hydroxylation is 4. The van der Waals surface area contributed by atoms with Gasteiger partial charge < -0.3 is 9.47 Å². The summed E-state index contributed by atoms with van der Waals surface area (Å²) in [5.41, 5.74) is 5.42. The summed E-state index contributed by atoms with van der Waals surface area (Å²) in [5.74, 6) is -0.151. The predicted molar refractivity (Wildman–Crippen MR) is 143 cm³/mol. The van der Waals surface area contributed by atoms with Gasteiger partial charge in [0.2, 0.25) is 0 Å². The Hall–Kier alpha value is -3.90. The third kappa shape index (κ3) is 3.82. The number of hydrogen-bond acceptors (Lipinski definition) is 8. The van der Waals surface area contributed by atoms with Crippen LogP contribution in [0.2, 0.25) is 0 Å². The SMILES string of the molecule is COc1cc(OC)c(S(=O)(=O)n2cnc3cc(C)c(C)cc32)cc1S(=O)(=O)n1cnc2cc(C)c(C)cc21. The number of fused-ring (bicyclic) bond motifs is 2. The summed E-state index contributed by atoms with van der Waals surface area (Å²) in [4.78, 5) is 7.79. The molecule has 2 heterocycles. The molecule has 5 rings (SSSR count). The molecule has 0 amide bonds. The summed E-state index contributed by atoms with van der Waals surface area (Å²) in [6.45, 7) is 7.56. The van der Waals surface area contributed by atoms with Crippen molar-refractivity contribution >= 4 is 42.1 Å². The normalized spacial score (nSPS) is 12.4. The van der Waals surface area contributed by atoms with Crippen LogP contribution in [0.25, 0.3) is 22.1 Å². The lowest BCUT2D eigenvalue weighted by atomic mass is 10.1. The molecule has 0 bridgehead atoms. The second kappa shape index (κ2) is 8.84. The molecule has 0 aliphatic heterocycles. The first-order valence-electron chi connectivity index (χ1n) is 11.6. The van der Waals surface area contributed by atoms with Crippen LogP contribution in [0.15, 0.2) is 58.8 Å². The van der Waals surface area contributed by atoms with Crippen LogP contribution in [0.4, 0.5) is 0 Å². The van der Waals surface area contributed by atoms with Crippen LogP contribution >= 0.6 is 0 Å². The average molecular weight is 555 g/mol. The average Bonchev–Trinajstić information content (AvgIpc) is 3.48. The van der Waals surface area contributed by atoms with Gasteiger partial charge in [0, 0.05) is 6.07 Å². The van der Waals surface area contributed by atoms with Gasteiger partial charge in [-0.3, -0.25) is 0 Å². The van der Waals surface area contributed by atoms with Gasteiger partial charge in [0.15, 0.2) is 0 Å². The number of methoxy groups -OCH3 is 2. The first kappa shape index (κ1) is 25.7. The fourth-order valence-corrected chi connectivity index (χ4v) is 7.30. The standard InChI is InChI=1S/C26H26N4O6S2/c1-15-7-19-21(9-17(15)3)29(13-27-19)37(31,32)25-12-26(24(36-6)11-23(25)35-5)38(33,34)30-14-28-20-8-16(2)18(4)10-22(20)30/h7-14H,1-6H3. The molecule has 0 radical (unpaired) electrons. The lowest BCUT2D eigenvalue weighted by Gasteiger charge is -2.17. The Kier molecular flexibility index (Phi) is 5.99. The molecule has 0 fully saturated rings. The molecule has 0 spiro atoms. The van der Waals surface area contributed by atoms with Gasteiger partial charge in [-0.15, -0.1) is 0 Å². The molecule has 10 nitrogen and oxygen atoms in total. The minimum absolute atomic E-state index is 0.0755. The monoisotopic (exact) mass is 554 g/mol. The van der Waals surface area contributed by atoms with Crippen LogP contribution in [0, 0.1) is 27.7 Å². The van der Waals surface area contributed by atoms with Crippen molar-refractivity contribution in [3.63, 3.8) is 0 Å². The Morgan fingerprint density at radius 1 is 0.579 bits per heavy atom. The minimum Gasteiger partial charge on any atom is -0.495 e. The van der Waals surface area contributed by atoms with Crippen molar-refractivity contribution in [2.45, 2.75) is 37.5 Å². The van der Waals surface area contributed by atoms with Gasteiger partial charge in [-0.05, 0) is 80.3 Å². The van der Waals surface area contributed by atoms with Crippen molar-refractivity contribution < 1.29 is 26.3 Å². The lowest BCUT2D eigenvalue weighted by molar-refractivity contribution is 0.378. The number of benzene rings is 3.